The van der Waals surface area contributed by atoms with E-state index >= 15 is 0 Å². The lowest BCUT2D eigenvalue weighted by Crippen LogP contribution is -2.41. The van der Waals surface area contributed by atoms with E-state index in [4.69, 9.17) is 10.3 Å². The zero-order valence-electron chi connectivity index (χ0n) is 9.11. The largest absolute Gasteiger partial charge is 0.367 e. The summed E-state index contributed by atoms with van der Waals surface area (Å²) in [5, 5.41) is 3.90. The molecule has 5 heteroatoms. The Kier molecular flexibility index (Phi) is 2.12. The number of nitrogens with zero attached hydrogens (tertiary/aromatic N) is 2. The second-order valence-electron chi connectivity index (χ2n) is 4.61. The SMILES string of the molecule is Nc1onc2c1CCN(C(=O)C1CCC1)C2. The molecule has 1 fully saturated rings. The third-order valence-electron chi connectivity index (χ3n) is 3.64. The van der Waals surface area contributed by atoms with E-state index in [1.54, 1.807) is 0 Å². The number of nitrogens with two attached hydrogens (primary N) is 1. The summed E-state index contributed by atoms with van der Waals surface area (Å²) in [6.07, 6.45) is 4.04. The van der Waals surface area contributed by atoms with Gasteiger partial charge in [0.15, 0.2) is 0 Å². The van der Waals surface area contributed by atoms with E-state index in [1.807, 2.05) is 4.90 Å². The number of nitrogen functional groups attached to an aromatic ring is 1. The lowest BCUT2D eigenvalue weighted by molar-refractivity contribution is -0.139. The molecule has 0 spiro atoms. The molecule has 0 atom stereocenters. The molecule has 2 aliphatic rings. The molecule has 0 bridgehead atoms. The van der Waals surface area contributed by atoms with E-state index in [1.165, 1.54) is 6.42 Å². The van der Waals surface area contributed by atoms with Crippen LogP contribution in [-0.4, -0.2) is 22.5 Å². The van der Waals surface area contributed by atoms with E-state index < -0.39 is 0 Å². The Bertz CT molecular complexity index is 423. The molecular formula is C11H15N3O2. The number of carbonyl (C=O) groups is 1. The minimum absolute atomic E-state index is 0.255. The highest BCUT2D eigenvalue weighted by atomic mass is 16.5. The minimum Gasteiger partial charge on any atom is -0.367 e. The molecule has 2 N–H and O–H groups in total. The second-order valence-corrected chi connectivity index (χ2v) is 4.61. The molecule has 1 aliphatic carbocycles. The number of rotatable bonds is 1. The van der Waals surface area contributed by atoms with Crippen LogP contribution in [0, 0.1) is 5.92 Å². The number of hydrogen-bond donors (Lipinski definition) is 1. The molecular weight excluding hydrogens is 206 g/mol. The normalized spacial score (nSPS) is 20.4. The molecule has 0 aromatic carbocycles. The summed E-state index contributed by atoms with van der Waals surface area (Å²) in [7, 11) is 0. The van der Waals surface area contributed by atoms with Gasteiger partial charge in [0.1, 0.15) is 5.69 Å². The highest BCUT2D eigenvalue weighted by molar-refractivity contribution is 5.79. The number of hydrogen-bond acceptors (Lipinski definition) is 4. The first-order valence-electron chi connectivity index (χ1n) is 5.77. The highest BCUT2D eigenvalue weighted by Crippen LogP contribution is 2.31. The quantitative estimate of drug-likeness (QED) is 0.766. The van der Waals surface area contributed by atoms with Crippen molar-refractivity contribution in [2.24, 2.45) is 5.92 Å². The van der Waals surface area contributed by atoms with Crippen molar-refractivity contribution in [2.45, 2.75) is 32.2 Å². The molecule has 0 unspecified atom stereocenters. The van der Waals surface area contributed by atoms with Gasteiger partial charge in [0.25, 0.3) is 0 Å². The first kappa shape index (κ1) is 9.69. The predicted octanol–water partition coefficient (Wildman–Crippen LogP) is 0.942. The summed E-state index contributed by atoms with van der Waals surface area (Å²) in [6, 6.07) is 0. The van der Waals surface area contributed by atoms with Gasteiger partial charge in [0.2, 0.25) is 11.8 Å². The Hall–Kier alpha value is -1.52. The van der Waals surface area contributed by atoms with Crippen LogP contribution in [0.4, 0.5) is 5.88 Å². The first-order chi connectivity index (χ1) is 7.75. The Morgan fingerprint density at radius 3 is 3.00 bits per heavy atom. The van der Waals surface area contributed by atoms with Crippen LogP contribution in [0.25, 0.3) is 0 Å². The minimum atomic E-state index is 0.255. The molecule has 86 valence electrons. The van der Waals surface area contributed by atoms with Crippen LogP contribution in [-0.2, 0) is 17.8 Å². The summed E-state index contributed by atoms with van der Waals surface area (Å²) >= 11 is 0. The van der Waals surface area contributed by atoms with Gasteiger partial charge in [0, 0.05) is 18.0 Å². The van der Waals surface area contributed by atoms with Crippen molar-refractivity contribution in [3.63, 3.8) is 0 Å². The summed E-state index contributed by atoms with van der Waals surface area (Å²) in [5.74, 6) is 0.940. The Labute approximate surface area is 93.6 Å². The van der Waals surface area contributed by atoms with Crippen LogP contribution in [0.2, 0.25) is 0 Å². The number of amides is 1. The van der Waals surface area contributed by atoms with Gasteiger partial charge in [-0.2, -0.15) is 0 Å². The Morgan fingerprint density at radius 1 is 1.50 bits per heavy atom. The summed E-state index contributed by atoms with van der Waals surface area (Å²) in [4.78, 5) is 13.9. The van der Waals surface area contributed by atoms with Crippen molar-refractivity contribution in [1.29, 1.82) is 0 Å². The highest BCUT2D eigenvalue weighted by Gasteiger charge is 2.32. The van der Waals surface area contributed by atoms with Crippen LogP contribution in [0.3, 0.4) is 0 Å². The third kappa shape index (κ3) is 1.38. The van der Waals surface area contributed by atoms with E-state index in [-0.39, 0.29) is 11.8 Å². The van der Waals surface area contributed by atoms with Crippen LogP contribution < -0.4 is 5.73 Å². The Morgan fingerprint density at radius 2 is 2.31 bits per heavy atom. The van der Waals surface area contributed by atoms with Crippen molar-refractivity contribution in [2.75, 3.05) is 12.3 Å². The molecule has 1 aromatic rings. The monoisotopic (exact) mass is 221 g/mol. The average molecular weight is 221 g/mol. The van der Waals surface area contributed by atoms with Crippen molar-refractivity contribution in [3.8, 4) is 0 Å². The molecule has 0 radical (unpaired) electrons. The summed E-state index contributed by atoms with van der Waals surface area (Å²) in [6.45, 7) is 1.30. The summed E-state index contributed by atoms with van der Waals surface area (Å²) in [5.41, 5.74) is 7.46. The van der Waals surface area contributed by atoms with E-state index in [0.29, 0.717) is 12.4 Å². The molecule has 16 heavy (non-hydrogen) atoms. The number of fused-ring (bicyclic) bond motifs is 1. The van der Waals surface area contributed by atoms with Crippen LogP contribution in [0.1, 0.15) is 30.5 Å². The van der Waals surface area contributed by atoms with Gasteiger partial charge < -0.3 is 15.2 Å². The zero-order chi connectivity index (χ0) is 11.1. The topological polar surface area (TPSA) is 72.4 Å². The van der Waals surface area contributed by atoms with Crippen molar-refractivity contribution in [3.05, 3.63) is 11.3 Å². The fourth-order valence-corrected chi connectivity index (χ4v) is 2.36. The zero-order valence-corrected chi connectivity index (χ0v) is 9.11. The van der Waals surface area contributed by atoms with Gasteiger partial charge in [-0.1, -0.05) is 11.6 Å². The van der Waals surface area contributed by atoms with Crippen molar-refractivity contribution >= 4 is 11.8 Å². The predicted molar refractivity (Wildman–Crippen MR) is 57.4 cm³/mol. The van der Waals surface area contributed by atoms with Crippen LogP contribution in [0.5, 0.6) is 0 Å². The number of carbonyl (C=O) groups excluding carboxylic acids is 1. The third-order valence-corrected chi connectivity index (χ3v) is 3.64. The van der Waals surface area contributed by atoms with Crippen LogP contribution in [0.15, 0.2) is 4.52 Å². The van der Waals surface area contributed by atoms with Crippen molar-refractivity contribution < 1.29 is 9.32 Å². The first-order valence-corrected chi connectivity index (χ1v) is 5.77. The van der Waals surface area contributed by atoms with Gasteiger partial charge in [-0.3, -0.25) is 4.79 Å². The standard InChI is InChI=1S/C11H15N3O2/c12-10-8-4-5-14(6-9(8)13-16-10)11(15)7-2-1-3-7/h7H,1-6,12H2. The molecule has 1 aromatic heterocycles. The van der Waals surface area contributed by atoms with Crippen molar-refractivity contribution in [1.82, 2.24) is 10.1 Å². The molecule has 1 saturated carbocycles. The summed E-state index contributed by atoms with van der Waals surface area (Å²) < 4.78 is 4.94. The fraction of sp³-hybridized carbons (Fsp3) is 0.636. The molecule has 0 saturated heterocycles. The maximum absolute atomic E-state index is 12.0. The van der Waals surface area contributed by atoms with Gasteiger partial charge in [-0.05, 0) is 19.3 Å². The van der Waals surface area contributed by atoms with E-state index in [9.17, 15) is 4.79 Å². The molecule has 2 heterocycles. The van der Waals surface area contributed by atoms with Gasteiger partial charge in [-0.25, -0.2) is 0 Å². The van der Waals surface area contributed by atoms with E-state index in [0.717, 1.165) is 37.1 Å². The van der Waals surface area contributed by atoms with Gasteiger partial charge in [-0.15, -0.1) is 0 Å². The van der Waals surface area contributed by atoms with Crippen LogP contribution >= 0.6 is 0 Å². The Balaban J connectivity index is 1.74. The lowest BCUT2D eigenvalue weighted by Gasteiger charge is -2.33. The smallest absolute Gasteiger partial charge is 0.226 e. The molecule has 1 amide bonds. The molecule has 1 aliphatic heterocycles. The lowest BCUT2D eigenvalue weighted by atomic mass is 9.84. The number of aromatic nitrogens is 1. The van der Waals surface area contributed by atoms with Gasteiger partial charge >= 0.3 is 0 Å². The maximum Gasteiger partial charge on any atom is 0.226 e. The molecule has 5 nitrogen and oxygen atoms in total. The molecule has 3 rings (SSSR count). The van der Waals surface area contributed by atoms with Gasteiger partial charge in [0.05, 0.1) is 6.54 Å². The fourth-order valence-electron chi connectivity index (χ4n) is 2.36. The van der Waals surface area contributed by atoms with E-state index in [2.05, 4.69) is 5.16 Å². The maximum atomic E-state index is 12.0. The number of anilines is 1. The average Bonchev–Trinajstić information content (AvgIpc) is 2.57. The second kappa shape index (κ2) is 3.50.